The number of benzene rings is 2. The summed E-state index contributed by atoms with van der Waals surface area (Å²) in [5, 5.41) is 4.55. The molecular weight excluding hydrogens is 388 g/mol. The maximum absolute atomic E-state index is 12.4. The molecule has 1 aliphatic rings. The first-order valence-electron chi connectivity index (χ1n) is 10.3. The van der Waals surface area contributed by atoms with E-state index in [2.05, 4.69) is 5.32 Å². The lowest BCUT2D eigenvalue weighted by Gasteiger charge is -2.24. The summed E-state index contributed by atoms with van der Waals surface area (Å²) in [6, 6.07) is 13.0. The monoisotopic (exact) mass is 418 g/mol. The van der Waals surface area contributed by atoms with Crippen LogP contribution in [0.15, 0.2) is 42.5 Å². The van der Waals surface area contributed by atoms with E-state index in [1.54, 1.807) is 12.1 Å². The Morgan fingerprint density at radius 2 is 1.83 bits per heavy atom. The molecule has 1 saturated carbocycles. The van der Waals surface area contributed by atoms with Crippen molar-refractivity contribution < 1.29 is 17.9 Å². The zero-order valence-electron chi connectivity index (χ0n) is 17.0. The maximum atomic E-state index is 12.4. The zero-order chi connectivity index (χ0) is 20.7. The van der Waals surface area contributed by atoms with Crippen LogP contribution in [0.2, 0.25) is 0 Å². The lowest BCUT2D eigenvalue weighted by Crippen LogP contribution is -2.41. The third-order valence-electron chi connectivity index (χ3n) is 5.27. The van der Waals surface area contributed by atoms with Gasteiger partial charge in [0.2, 0.25) is 15.9 Å². The molecule has 1 amide bonds. The minimum Gasteiger partial charge on any atom is -0.378 e. The molecule has 6 nitrogen and oxygen atoms in total. The molecule has 7 heteroatoms. The molecule has 0 atom stereocenters. The Balaban J connectivity index is 1.55. The molecule has 0 bridgehead atoms. The number of nitrogens with one attached hydrogen (secondary N) is 1. The van der Waals surface area contributed by atoms with Crippen LogP contribution in [-0.4, -0.2) is 46.4 Å². The number of fused-ring (bicyclic) bond motifs is 1. The van der Waals surface area contributed by atoms with E-state index in [4.69, 9.17) is 4.74 Å². The highest BCUT2D eigenvalue weighted by Crippen LogP contribution is 2.28. The Labute approximate surface area is 173 Å². The molecule has 0 aromatic heterocycles. The summed E-state index contributed by atoms with van der Waals surface area (Å²) in [6.45, 7) is 0.846. The Morgan fingerprint density at radius 1 is 1.10 bits per heavy atom. The van der Waals surface area contributed by atoms with Gasteiger partial charge in [0.05, 0.1) is 18.0 Å². The molecule has 0 radical (unpaired) electrons. The van der Waals surface area contributed by atoms with Gasteiger partial charge < -0.3 is 10.1 Å². The van der Waals surface area contributed by atoms with Crippen molar-refractivity contribution in [1.82, 2.24) is 5.32 Å². The molecule has 1 N–H and O–H groups in total. The predicted molar refractivity (Wildman–Crippen MR) is 117 cm³/mol. The fourth-order valence-electron chi connectivity index (χ4n) is 3.77. The summed E-state index contributed by atoms with van der Waals surface area (Å²) in [5.74, 6) is -0.318. The summed E-state index contributed by atoms with van der Waals surface area (Å²) in [6.07, 6.45) is 8.21. The summed E-state index contributed by atoms with van der Waals surface area (Å²) < 4.78 is 31.8. The van der Waals surface area contributed by atoms with Crippen LogP contribution in [0.5, 0.6) is 0 Å². The van der Waals surface area contributed by atoms with Crippen molar-refractivity contribution in [2.75, 3.05) is 30.3 Å². The Hall–Kier alpha value is -2.12. The molecule has 0 aliphatic heterocycles. The van der Waals surface area contributed by atoms with Crippen LogP contribution in [0.3, 0.4) is 0 Å². The van der Waals surface area contributed by atoms with E-state index < -0.39 is 10.0 Å². The van der Waals surface area contributed by atoms with E-state index in [0.29, 0.717) is 24.9 Å². The molecule has 0 unspecified atom stereocenters. The second-order valence-corrected chi connectivity index (χ2v) is 9.51. The molecule has 158 valence electrons. The molecule has 3 rings (SSSR count). The van der Waals surface area contributed by atoms with Crippen LogP contribution in [0.4, 0.5) is 5.69 Å². The van der Waals surface area contributed by atoms with Gasteiger partial charge in [-0.05, 0) is 30.7 Å². The second-order valence-electron chi connectivity index (χ2n) is 7.60. The number of rotatable bonds is 9. The van der Waals surface area contributed by atoms with Crippen molar-refractivity contribution in [3.8, 4) is 0 Å². The number of nitrogens with zero attached hydrogens (tertiary/aromatic N) is 1. The van der Waals surface area contributed by atoms with Gasteiger partial charge >= 0.3 is 0 Å². The number of hydrogen-bond donors (Lipinski definition) is 1. The maximum Gasteiger partial charge on any atom is 0.240 e. The number of ether oxygens (including phenoxy) is 1. The molecule has 0 spiro atoms. The highest BCUT2D eigenvalue weighted by atomic mass is 32.2. The highest BCUT2D eigenvalue weighted by Gasteiger charge is 2.22. The third-order valence-corrected chi connectivity index (χ3v) is 6.40. The van der Waals surface area contributed by atoms with E-state index in [0.717, 1.165) is 36.3 Å². The average molecular weight is 419 g/mol. The molecule has 29 heavy (non-hydrogen) atoms. The zero-order valence-corrected chi connectivity index (χ0v) is 17.8. The van der Waals surface area contributed by atoms with E-state index in [9.17, 15) is 13.2 Å². The first-order valence-corrected chi connectivity index (χ1v) is 12.1. The van der Waals surface area contributed by atoms with Crippen LogP contribution in [-0.2, 0) is 19.6 Å². The molecular formula is C22H30N2O4S. The lowest BCUT2D eigenvalue weighted by molar-refractivity contribution is -0.119. The van der Waals surface area contributed by atoms with Crippen LogP contribution in [0.25, 0.3) is 10.8 Å². The Morgan fingerprint density at radius 3 is 2.59 bits per heavy atom. The number of carbonyl (C=O) groups is 1. The summed E-state index contributed by atoms with van der Waals surface area (Å²) in [7, 11) is -3.61. The molecule has 1 aliphatic carbocycles. The normalized spacial score (nSPS) is 15.3. The van der Waals surface area contributed by atoms with Gasteiger partial charge in [0, 0.05) is 18.5 Å². The number of amides is 1. The van der Waals surface area contributed by atoms with Crippen LogP contribution in [0.1, 0.15) is 38.5 Å². The van der Waals surface area contributed by atoms with Gasteiger partial charge in [-0.3, -0.25) is 9.10 Å². The molecule has 0 heterocycles. The van der Waals surface area contributed by atoms with E-state index >= 15 is 0 Å². The van der Waals surface area contributed by atoms with Gasteiger partial charge in [-0.25, -0.2) is 8.42 Å². The highest BCUT2D eigenvalue weighted by molar-refractivity contribution is 7.92. The average Bonchev–Trinajstić information content (AvgIpc) is 2.71. The SMILES string of the molecule is CS(=O)(=O)N(CC(=O)NCCCOC1CCCCC1)c1cccc2ccccc12. The van der Waals surface area contributed by atoms with Crippen molar-refractivity contribution in [3.63, 3.8) is 0 Å². The minimum absolute atomic E-state index is 0.240. The largest absolute Gasteiger partial charge is 0.378 e. The first-order chi connectivity index (χ1) is 13.9. The van der Waals surface area contributed by atoms with Crippen LogP contribution >= 0.6 is 0 Å². The minimum atomic E-state index is -3.61. The van der Waals surface area contributed by atoms with Gasteiger partial charge in [0.25, 0.3) is 0 Å². The Bertz CT molecular complexity index is 918. The molecule has 2 aromatic carbocycles. The van der Waals surface area contributed by atoms with Crippen molar-refractivity contribution in [3.05, 3.63) is 42.5 Å². The molecule has 2 aromatic rings. The summed E-state index contributed by atoms with van der Waals surface area (Å²) in [4.78, 5) is 12.4. The van der Waals surface area contributed by atoms with Crippen molar-refractivity contribution in [2.45, 2.75) is 44.6 Å². The predicted octanol–water partition coefficient (Wildman–Crippen LogP) is 3.46. The smallest absolute Gasteiger partial charge is 0.240 e. The summed E-state index contributed by atoms with van der Waals surface area (Å²) >= 11 is 0. The van der Waals surface area contributed by atoms with E-state index in [1.807, 2.05) is 30.3 Å². The number of hydrogen-bond acceptors (Lipinski definition) is 4. The molecule has 1 fully saturated rings. The second kappa shape index (κ2) is 10.1. The quantitative estimate of drug-likeness (QED) is 0.633. The van der Waals surface area contributed by atoms with Gasteiger partial charge in [-0.2, -0.15) is 0 Å². The van der Waals surface area contributed by atoms with Gasteiger partial charge in [-0.15, -0.1) is 0 Å². The van der Waals surface area contributed by atoms with Gasteiger partial charge in [0.15, 0.2) is 0 Å². The fourth-order valence-corrected chi connectivity index (χ4v) is 4.64. The third kappa shape index (κ3) is 6.18. The van der Waals surface area contributed by atoms with E-state index in [-0.39, 0.29) is 12.5 Å². The standard InChI is InChI=1S/C22H30N2O4S/c1-29(26,27)24(21-14-7-10-18-9-5-6-13-20(18)21)17-22(25)23-15-8-16-28-19-11-3-2-4-12-19/h5-7,9-10,13-14,19H,2-4,8,11-12,15-17H2,1H3,(H,23,25). The number of carbonyl (C=O) groups excluding carboxylic acids is 1. The topological polar surface area (TPSA) is 75.7 Å². The van der Waals surface area contributed by atoms with Gasteiger partial charge in [-0.1, -0.05) is 55.7 Å². The van der Waals surface area contributed by atoms with Gasteiger partial charge in [0.1, 0.15) is 6.54 Å². The number of anilines is 1. The number of sulfonamides is 1. The van der Waals surface area contributed by atoms with Crippen LogP contribution < -0.4 is 9.62 Å². The van der Waals surface area contributed by atoms with Crippen molar-refractivity contribution in [2.24, 2.45) is 0 Å². The Kier molecular flexibility index (Phi) is 7.50. The fraction of sp³-hybridized carbons (Fsp3) is 0.500. The molecule has 0 saturated heterocycles. The van der Waals surface area contributed by atoms with Crippen molar-refractivity contribution >= 4 is 32.4 Å². The van der Waals surface area contributed by atoms with Crippen LogP contribution in [0, 0.1) is 0 Å². The summed E-state index contributed by atoms with van der Waals surface area (Å²) in [5.41, 5.74) is 0.515. The van der Waals surface area contributed by atoms with E-state index in [1.165, 1.54) is 23.6 Å². The van der Waals surface area contributed by atoms with Crippen molar-refractivity contribution in [1.29, 1.82) is 0 Å². The lowest BCUT2D eigenvalue weighted by atomic mass is 9.98. The first kappa shape index (κ1) is 21.6.